The van der Waals surface area contributed by atoms with Crippen LogP contribution < -0.4 is 4.74 Å². The molecule has 0 spiro atoms. The molecule has 11 heteroatoms. The summed E-state index contributed by atoms with van der Waals surface area (Å²) in [6.07, 6.45) is 1.11. The van der Waals surface area contributed by atoms with Gasteiger partial charge in [0.25, 0.3) is 0 Å². The van der Waals surface area contributed by atoms with Crippen LogP contribution in [-0.2, 0) is 26.1 Å². The van der Waals surface area contributed by atoms with Crippen LogP contribution in [0.5, 0.6) is 5.75 Å². The lowest BCUT2D eigenvalue weighted by molar-refractivity contribution is -0.157. The first-order valence-corrected chi connectivity index (χ1v) is 19.2. The number of esters is 1. The van der Waals surface area contributed by atoms with Crippen LogP contribution >= 0.6 is 0 Å². The number of hydrogen-bond donors (Lipinski definition) is 1. The van der Waals surface area contributed by atoms with Gasteiger partial charge in [0.2, 0.25) is 10.0 Å². The second kappa shape index (κ2) is 14.2. The number of nitriles is 1. The van der Waals surface area contributed by atoms with Crippen LogP contribution in [0.25, 0.3) is 11.1 Å². The maximum Gasteiger partial charge on any atom is 0.344 e. The molecule has 0 bridgehead atoms. The van der Waals surface area contributed by atoms with Gasteiger partial charge in [-0.3, -0.25) is 0 Å². The maximum atomic E-state index is 13.8. The molecule has 8 nitrogen and oxygen atoms in total. The van der Waals surface area contributed by atoms with Gasteiger partial charge in [-0.05, 0) is 111 Å². The monoisotopic (exact) mass is 654 g/mol. The fourth-order valence-electron chi connectivity index (χ4n) is 4.54. The Morgan fingerprint density at radius 1 is 1.02 bits per heavy atom. The number of nitrogens with zero attached hydrogens (tertiary/aromatic N) is 2. The second-order valence-electron chi connectivity index (χ2n) is 13.2. The van der Waals surface area contributed by atoms with Crippen LogP contribution in [0, 0.1) is 17.1 Å². The Balaban J connectivity index is 2.00. The lowest BCUT2D eigenvalue weighted by atomic mass is 10.00. The molecule has 3 aromatic rings. The standard InChI is InChI=1S/C34H43FN2O6SSi/c1-33(2,3)43-32(38)24-42-31-17-12-26(21-30(31)27-11-8-10-25(20-27)22-36)23-37(19-9-18-34(4,5)45(6,7)41)44(39,40)29-15-13-28(35)14-16-29/h8,10-17,20-21,41H,9,18-19,23-24H2,1-7H3. The fourth-order valence-corrected chi connectivity index (χ4v) is 6.79. The molecule has 242 valence electrons. The van der Waals surface area contributed by atoms with Crippen molar-refractivity contribution in [2.45, 2.75) is 82.6 Å². The summed E-state index contributed by atoms with van der Waals surface area (Å²) in [7, 11) is -6.54. The summed E-state index contributed by atoms with van der Waals surface area (Å²) in [5.74, 6) is -0.718. The fraction of sp³-hybridized carbons (Fsp3) is 0.412. The predicted octanol–water partition coefficient (Wildman–Crippen LogP) is 7.03. The van der Waals surface area contributed by atoms with E-state index in [1.54, 1.807) is 63.2 Å². The molecule has 0 radical (unpaired) electrons. The molecule has 0 aliphatic rings. The van der Waals surface area contributed by atoms with E-state index in [0.717, 1.165) is 12.1 Å². The van der Waals surface area contributed by atoms with Crippen molar-refractivity contribution in [3.8, 4) is 22.9 Å². The number of sulfonamides is 1. The van der Waals surface area contributed by atoms with E-state index in [0.29, 0.717) is 40.8 Å². The first-order valence-electron chi connectivity index (χ1n) is 14.8. The van der Waals surface area contributed by atoms with E-state index < -0.39 is 35.7 Å². The molecule has 45 heavy (non-hydrogen) atoms. The zero-order chi connectivity index (χ0) is 33.6. The molecule has 0 aliphatic heterocycles. The Kier molecular flexibility index (Phi) is 11.4. The Labute approximate surface area is 267 Å². The molecule has 0 heterocycles. The van der Waals surface area contributed by atoms with Crippen LogP contribution in [0.3, 0.4) is 0 Å². The number of ether oxygens (including phenoxy) is 2. The van der Waals surface area contributed by atoms with Crippen LogP contribution in [-0.4, -0.2) is 50.6 Å². The van der Waals surface area contributed by atoms with E-state index in [4.69, 9.17) is 9.47 Å². The highest BCUT2D eigenvalue weighted by atomic mass is 32.2. The Morgan fingerprint density at radius 3 is 2.29 bits per heavy atom. The normalized spacial score (nSPS) is 12.6. The van der Waals surface area contributed by atoms with E-state index >= 15 is 0 Å². The van der Waals surface area contributed by atoms with Crippen LogP contribution in [0.15, 0.2) is 71.6 Å². The molecular formula is C34H43FN2O6SSi. The maximum absolute atomic E-state index is 13.8. The van der Waals surface area contributed by atoms with Crippen molar-refractivity contribution in [1.29, 1.82) is 5.26 Å². The minimum atomic E-state index is -4.03. The highest BCUT2D eigenvalue weighted by molar-refractivity contribution is 7.89. The van der Waals surface area contributed by atoms with E-state index in [1.165, 1.54) is 16.4 Å². The predicted molar refractivity (Wildman–Crippen MR) is 175 cm³/mol. The largest absolute Gasteiger partial charge is 0.481 e. The van der Waals surface area contributed by atoms with Gasteiger partial charge in [0.1, 0.15) is 17.2 Å². The molecule has 0 atom stereocenters. The molecule has 0 saturated heterocycles. The number of hydrogen-bond acceptors (Lipinski definition) is 7. The van der Waals surface area contributed by atoms with Crippen molar-refractivity contribution in [3.63, 3.8) is 0 Å². The summed E-state index contributed by atoms with van der Waals surface area (Å²) in [5, 5.41) is 9.15. The van der Waals surface area contributed by atoms with Crippen molar-refractivity contribution in [1.82, 2.24) is 4.31 Å². The van der Waals surface area contributed by atoms with Crippen molar-refractivity contribution in [2.24, 2.45) is 0 Å². The quantitative estimate of drug-likeness (QED) is 0.155. The highest BCUT2D eigenvalue weighted by Gasteiger charge is 2.38. The number of benzene rings is 3. The zero-order valence-corrected chi connectivity index (χ0v) is 28.9. The third-order valence-electron chi connectivity index (χ3n) is 7.79. The van der Waals surface area contributed by atoms with Crippen LogP contribution in [0.2, 0.25) is 18.1 Å². The molecule has 0 amide bonds. The van der Waals surface area contributed by atoms with E-state index in [-0.39, 0.29) is 29.6 Å². The van der Waals surface area contributed by atoms with Crippen molar-refractivity contribution in [2.75, 3.05) is 13.2 Å². The molecule has 3 rings (SSSR count). The summed E-state index contributed by atoms with van der Waals surface area (Å²) < 4.78 is 54.0. The summed E-state index contributed by atoms with van der Waals surface area (Å²) >= 11 is 0. The average molecular weight is 655 g/mol. The number of rotatable bonds is 13. The molecule has 0 fully saturated rings. The molecular weight excluding hydrogens is 612 g/mol. The summed E-state index contributed by atoms with van der Waals surface area (Å²) in [4.78, 5) is 23.1. The molecule has 0 unspecified atom stereocenters. The SMILES string of the molecule is CC(C)(C)OC(=O)COc1ccc(CN(CCCC(C)(C)[Si](C)(C)O)S(=O)(=O)c2ccc(F)cc2)cc1-c1cccc(C#N)c1. The third kappa shape index (κ3) is 9.96. The van der Waals surface area contributed by atoms with Gasteiger partial charge in [0.15, 0.2) is 14.9 Å². The molecule has 0 aliphatic carbocycles. The van der Waals surface area contributed by atoms with E-state index in [2.05, 4.69) is 6.07 Å². The van der Waals surface area contributed by atoms with Gasteiger partial charge < -0.3 is 14.3 Å². The lowest BCUT2D eigenvalue weighted by Crippen LogP contribution is -2.39. The minimum Gasteiger partial charge on any atom is -0.481 e. The van der Waals surface area contributed by atoms with Gasteiger partial charge in [-0.1, -0.05) is 32.0 Å². The van der Waals surface area contributed by atoms with Crippen molar-refractivity contribution >= 4 is 24.3 Å². The zero-order valence-electron chi connectivity index (χ0n) is 27.1. The van der Waals surface area contributed by atoms with Gasteiger partial charge >= 0.3 is 5.97 Å². The smallest absolute Gasteiger partial charge is 0.344 e. The summed E-state index contributed by atoms with van der Waals surface area (Å²) in [6.45, 7) is 12.8. The first kappa shape index (κ1) is 35.9. The highest BCUT2D eigenvalue weighted by Crippen LogP contribution is 2.40. The molecule has 0 aromatic heterocycles. The summed E-state index contributed by atoms with van der Waals surface area (Å²) in [6, 6.07) is 18.9. The minimum absolute atomic E-state index is 0.00261. The topological polar surface area (TPSA) is 117 Å². The average Bonchev–Trinajstić information content (AvgIpc) is 2.94. The third-order valence-corrected chi connectivity index (χ3v) is 13.2. The van der Waals surface area contributed by atoms with E-state index in [9.17, 15) is 27.7 Å². The number of carbonyl (C=O) groups is 1. The van der Waals surface area contributed by atoms with Crippen molar-refractivity contribution < 1.29 is 31.9 Å². The molecule has 0 saturated carbocycles. The van der Waals surface area contributed by atoms with Crippen LogP contribution in [0.1, 0.15) is 58.6 Å². The summed E-state index contributed by atoms with van der Waals surface area (Å²) in [5.41, 5.74) is 1.60. The number of carbonyl (C=O) groups excluding carboxylic acids is 1. The van der Waals surface area contributed by atoms with Crippen LogP contribution in [0.4, 0.5) is 4.39 Å². The van der Waals surface area contributed by atoms with E-state index in [1.807, 2.05) is 26.9 Å². The second-order valence-corrected chi connectivity index (χ2v) is 19.6. The Bertz CT molecular complexity index is 1640. The molecule has 3 aromatic carbocycles. The Morgan fingerprint density at radius 2 is 1.69 bits per heavy atom. The van der Waals surface area contributed by atoms with Gasteiger partial charge in [-0.25, -0.2) is 17.6 Å². The van der Waals surface area contributed by atoms with Gasteiger partial charge in [0.05, 0.1) is 16.5 Å². The first-order chi connectivity index (χ1) is 20.8. The van der Waals surface area contributed by atoms with Gasteiger partial charge in [-0.2, -0.15) is 9.57 Å². The Hall–Kier alpha value is -3.56. The van der Waals surface area contributed by atoms with Gasteiger partial charge in [0, 0.05) is 18.7 Å². The number of halogens is 1. The van der Waals surface area contributed by atoms with Crippen molar-refractivity contribution in [3.05, 3.63) is 83.7 Å². The lowest BCUT2D eigenvalue weighted by Gasteiger charge is -2.35. The van der Waals surface area contributed by atoms with Gasteiger partial charge in [-0.15, -0.1) is 0 Å². The molecule has 1 N–H and O–H groups in total.